The van der Waals surface area contributed by atoms with Crippen LogP contribution in [0, 0.1) is 6.92 Å². The number of amides is 1. The summed E-state index contributed by atoms with van der Waals surface area (Å²) in [6, 6.07) is 8.30. The Bertz CT molecular complexity index is 378. The fourth-order valence-electron chi connectivity index (χ4n) is 1.75. The first-order valence-corrected chi connectivity index (χ1v) is 6.98. The second-order valence-electron chi connectivity index (χ2n) is 4.22. The molecule has 0 saturated heterocycles. The van der Waals surface area contributed by atoms with Crippen molar-refractivity contribution < 1.29 is 4.79 Å². The predicted molar refractivity (Wildman–Crippen MR) is 75.3 cm³/mol. The first-order valence-electron chi connectivity index (χ1n) is 6.06. The van der Waals surface area contributed by atoms with Crippen LogP contribution in [-0.4, -0.2) is 22.2 Å². The molecule has 1 atom stereocenters. The van der Waals surface area contributed by atoms with E-state index in [-0.39, 0.29) is 10.7 Å². The maximum Gasteiger partial charge on any atom is 0.236 e. The van der Waals surface area contributed by atoms with Crippen molar-refractivity contribution in [2.45, 2.75) is 38.6 Å². The van der Waals surface area contributed by atoms with Gasteiger partial charge in [-0.05, 0) is 25.8 Å². The highest BCUT2D eigenvalue weighted by Gasteiger charge is 2.19. The molecule has 0 bridgehead atoms. The fourth-order valence-corrected chi connectivity index (χ4v) is 2.04. The first kappa shape index (κ1) is 14.2. The molecule has 0 aliphatic carbocycles. The quantitative estimate of drug-likeness (QED) is 0.762. The van der Waals surface area contributed by atoms with E-state index in [1.54, 1.807) is 0 Å². The highest BCUT2D eigenvalue weighted by atomic mass is 79.9. The van der Waals surface area contributed by atoms with Gasteiger partial charge in [0, 0.05) is 13.1 Å². The first-order chi connectivity index (χ1) is 8.08. The number of rotatable bonds is 5. The maximum atomic E-state index is 12.1. The summed E-state index contributed by atoms with van der Waals surface area (Å²) in [5.74, 6) is 0.177. The van der Waals surface area contributed by atoms with E-state index in [0.29, 0.717) is 6.54 Å². The number of alkyl halides is 1. The Morgan fingerprint density at radius 2 is 2.12 bits per heavy atom. The molecule has 0 fully saturated rings. The van der Waals surface area contributed by atoms with Crippen molar-refractivity contribution in [1.29, 1.82) is 0 Å². The molecule has 94 valence electrons. The molecule has 17 heavy (non-hydrogen) atoms. The lowest BCUT2D eigenvalue weighted by atomic mass is 10.1. The zero-order chi connectivity index (χ0) is 12.8. The predicted octanol–water partition coefficient (Wildman–Crippen LogP) is 3.52. The van der Waals surface area contributed by atoms with Gasteiger partial charge in [0.2, 0.25) is 5.91 Å². The van der Waals surface area contributed by atoms with Gasteiger partial charge < -0.3 is 4.90 Å². The lowest BCUT2D eigenvalue weighted by Gasteiger charge is -2.23. The minimum Gasteiger partial charge on any atom is -0.338 e. The molecule has 1 amide bonds. The molecule has 0 radical (unpaired) electrons. The topological polar surface area (TPSA) is 20.3 Å². The molecular formula is C14H20BrNO. The average molecular weight is 298 g/mol. The zero-order valence-corrected chi connectivity index (χ0v) is 12.3. The SMILES string of the molecule is CCC(Br)C(=O)N(CC)Cc1cccc(C)c1. The van der Waals surface area contributed by atoms with Crippen LogP contribution in [0.15, 0.2) is 24.3 Å². The molecule has 2 nitrogen and oxygen atoms in total. The number of carbonyl (C=O) groups excluding carboxylic acids is 1. The second-order valence-corrected chi connectivity index (χ2v) is 5.32. The summed E-state index contributed by atoms with van der Waals surface area (Å²) in [4.78, 5) is 13.9. The molecule has 1 rings (SSSR count). The van der Waals surface area contributed by atoms with Crippen LogP contribution in [0.1, 0.15) is 31.4 Å². The van der Waals surface area contributed by atoms with Gasteiger partial charge in [0.25, 0.3) is 0 Å². The Hall–Kier alpha value is -0.830. The molecule has 3 heteroatoms. The normalized spacial score (nSPS) is 12.2. The van der Waals surface area contributed by atoms with E-state index >= 15 is 0 Å². The number of aryl methyl sites for hydroxylation is 1. The molecule has 0 aromatic heterocycles. The van der Waals surface area contributed by atoms with Crippen LogP contribution in [0.4, 0.5) is 0 Å². The standard InChI is InChI=1S/C14H20BrNO/c1-4-13(15)14(17)16(5-2)10-12-8-6-7-11(3)9-12/h6-9,13H,4-5,10H2,1-3H3. The van der Waals surface area contributed by atoms with Gasteiger partial charge in [-0.15, -0.1) is 0 Å². The van der Waals surface area contributed by atoms with Crippen molar-refractivity contribution in [2.24, 2.45) is 0 Å². The minimum atomic E-state index is -0.0627. The molecule has 1 unspecified atom stereocenters. The summed E-state index contributed by atoms with van der Waals surface area (Å²) in [6.45, 7) is 7.54. The summed E-state index contributed by atoms with van der Waals surface area (Å²) in [5, 5.41) is 0. The van der Waals surface area contributed by atoms with Crippen molar-refractivity contribution in [2.75, 3.05) is 6.54 Å². The maximum absolute atomic E-state index is 12.1. The summed E-state index contributed by atoms with van der Waals surface area (Å²) >= 11 is 3.42. The molecule has 0 spiro atoms. The zero-order valence-electron chi connectivity index (χ0n) is 10.7. The van der Waals surface area contributed by atoms with E-state index in [2.05, 4.69) is 41.1 Å². The third kappa shape index (κ3) is 4.15. The monoisotopic (exact) mass is 297 g/mol. The Morgan fingerprint density at radius 1 is 1.41 bits per heavy atom. The van der Waals surface area contributed by atoms with Crippen LogP contribution < -0.4 is 0 Å². The molecule has 0 saturated carbocycles. The third-order valence-corrected chi connectivity index (χ3v) is 3.81. The van der Waals surface area contributed by atoms with Gasteiger partial charge in [0.15, 0.2) is 0 Å². The molecular weight excluding hydrogens is 278 g/mol. The summed E-state index contributed by atoms with van der Waals surface area (Å²) in [7, 11) is 0. The fraction of sp³-hybridized carbons (Fsp3) is 0.500. The van der Waals surface area contributed by atoms with Crippen LogP contribution in [0.5, 0.6) is 0 Å². The largest absolute Gasteiger partial charge is 0.338 e. The number of hydrogen-bond acceptors (Lipinski definition) is 1. The van der Waals surface area contributed by atoms with Crippen molar-refractivity contribution >= 4 is 21.8 Å². The van der Waals surface area contributed by atoms with Gasteiger partial charge in [-0.25, -0.2) is 0 Å². The number of benzene rings is 1. The lowest BCUT2D eigenvalue weighted by molar-refractivity contribution is -0.130. The molecule has 1 aromatic carbocycles. The molecule has 1 aromatic rings. The number of carbonyl (C=O) groups is 1. The van der Waals surface area contributed by atoms with Crippen LogP contribution >= 0.6 is 15.9 Å². The highest BCUT2D eigenvalue weighted by Crippen LogP contribution is 2.13. The van der Waals surface area contributed by atoms with Crippen LogP contribution in [0.2, 0.25) is 0 Å². The smallest absolute Gasteiger partial charge is 0.236 e. The number of nitrogens with zero attached hydrogens (tertiary/aromatic N) is 1. The Labute approximate surface area is 112 Å². The van der Waals surface area contributed by atoms with Crippen molar-refractivity contribution in [3.63, 3.8) is 0 Å². The van der Waals surface area contributed by atoms with Gasteiger partial charge in [-0.2, -0.15) is 0 Å². The van der Waals surface area contributed by atoms with Gasteiger partial charge in [0.1, 0.15) is 0 Å². The minimum absolute atomic E-state index is 0.0627. The molecule has 0 heterocycles. The van der Waals surface area contributed by atoms with Gasteiger partial charge in [-0.1, -0.05) is 52.7 Å². The van der Waals surface area contributed by atoms with E-state index in [9.17, 15) is 4.79 Å². The van der Waals surface area contributed by atoms with Crippen molar-refractivity contribution in [3.05, 3.63) is 35.4 Å². The van der Waals surface area contributed by atoms with Crippen molar-refractivity contribution in [3.8, 4) is 0 Å². The van der Waals surface area contributed by atoms with E-state index in [4.69, 9.17) is 0 Å². The van der Waals surface area contributed by atoms with E-state index in [1.807, 2.05) is 24.8 Å². The lowest BCUT2D eigenvalue weighted by Crippen LogP contribution is -2.35. The summed E-state index contributed by atoms with van der Waals surface area (Å²) < 4.78 is 0. The average Bonchev–Trinajstić information content (AvgIpc) is 2.34. The summed E-state index contributed by atoms with van der Waals surface area (Å²) in [5.41, 5.74) is 2.42. The van der Waals surface area contributed by atoms with E-state index in [0.717, 1.165) is 13.0 Å². The van der Waals surface area contributed by atoms with Crippen molar-refractivity contribution in [1.82, 2.24) is 4.90 Å². The Morgan fingerprint density at radius 3 is 2.65 bits per heavy atom. The second kappa shape index (κ2) is 6.80. The van der Waals surface area contributed by atoms with Crippen LogP contribution in [0.3, 0.4) is 0 Å². The van der Waals surface area contributed by atoms with Gasteiger partial charge in [-0.3, -0.25) is 4.79 Å². The van der Waals surface area contributed by atoms with Gasteiger partial charge >= 0.3 is 0 Å². The van der Waals surface area contributed by atoms with Crippen LogP contribution in [-0.2, 0) is 11.3 Å². The van der Waals surface area contributed by atoms with E-state index in [1.165, 1.54) is 11.1 Å². The third-order valence-electron chi connectivity index (χ3n) is 2.78. The Balaban J connectivity index is 2.73. The highest BCUT2D eigenvalue weighted by molar-refractivity contribution is 9.10. The van der Waals surface area contributed by atoms with Crippen LogP contribution in [0.25, 0.3) is 0 Å². The molecule has 0 aliphatic rings. The van der Waals surface area contributed by atoms with E-state index < -0.39 is 0 Å². The Kier molecular flexibility index (Phi) is 5.69. The number of hydrogen-bond donors (Lipinski definition) is 0. The summed E-state index contributed by atoms with van der Waals surface area (Å²) in [6.07, 6.45) is 0.823. The molecule has 0 aliphatic heterocycles. The molecule has 0 N–H and O–H groups in total. The van der Waals surface area contributed by atoms with Gasteiger partial charge in [0.05, 0.1) is 4.83 Å². The number of halogens is 1.